The third kappa shape index (κ3) is 3.24. The number of ether oxygens (including phenoxy) is 1. The van der Waals surface area contributed by atoms with Crippen LogP contribution in [0.3, 0.4) is 0 Å². The topological polar surface area (TPSA) is 71.7 Å². The van der Waals surface area contributed by atoms with Gasteiger partial charge in [-0.25, -0.2) is 4.98 Å². The van der Waals surface area contributed by atoms with Crippen molar-refractivity contribution in [2.24, 2.45) is 5.92 Å². The van der Waals surface area contributed by atoms with Gasteiger partial charge < -0.3 is 14.1 Å². The van der Waals surface area contributed by atoms with Crippen LogP contribution in [0.4, 0.5) is 0 Å². The molecular weight excluding hydrogens is 332 g/mol. The van der Waals surface area contributed by atoms with Crippen LogP contribution in [0.15, 0.2) is 35.2 Å². The molecule has 0 aliphatic carbocycles. The lowest BCUT2D eigenvalue weighted by Gasteiger charge is -2.40. The SMILES string of the molecule is CO[C@H]1CCN(C(=O)c2cnc(C)cn2)[C@@H]2CN(Cc3ccco3)C[C@H]12. The monoisotopic (exact) mass is 356 g/mol. The first-order valence-electron chi connectivity index (χ1n) is 9.03. The minimum atomic E-state index is -0.0399. The van der Waals surface area contributed by atoms with E-state index in [4.69, 9.17) is 9.15 Å². The third-order valence-corrected chi connectivity index (χ3v) is 5.46. The highest BCUT2D eigenvalue weighted by molar-refractivity contribution is 5.92. The molecule has 0 radical (unpaired) electrons. The Bertz CT molecular complexity index is 747. The third-order valence-electron chi connectivity index (χ3n) is 5.46. The Morgan fingerprint density at radius 2 is 2.23 bits per heavy atom. The number of aryl methyl sites for hydroxylation is 1. The van der Waals surface area contributed by atoms with Gasteiger partial charge in [0.2, 0.25) is 0 Å². The first kappa shape index (κ1) is 17.2. The number of carbonyl (C=O) groups is 1. The highest BCUT2D eigenvalue weighted by Crippen LogP contribution is 2.34. The van der Waals surface area contributed by atoms with Gasteiger partial charge in [0.05, 0.1) is 36.8 Å². The number of fused-ring (bicyclic) bond motifs is 1. The maximum Gasteiger partial charge on any atom is 0.274 e. The number of furan rings is 1. The fourth-order valence-electron chi connectivity index (χ4n) is 4.18. The summed E-state index contributed by atoms with van der Waals surface area (Å²) in [6.07, 6.45) is 5.93. The van der Waals surface area contributed by atoms with Crippen molar-refractivity contribution < 1.29 is 13.9 Å². The van der Waals surface area contributed by atoms with E-state index in [1.807, 2.05) is 24.0 Å². The second kappa shape index (κ2) is 7.17. The number of methoxy groups -OCH3 is 1. The zero-order valence-electron chi connectivity index (χ0n) is 15.2. The molecule has 2 aliphatic heterocycles. The van der Waals surface area contributed by atoms with Crippen molar-refractivity contribution in [1.82, 2.24) is 19.8 Å². The minimum absolute atomic E-state index is 0.0399. The highest BCUT2D eigenvalue weighted by Gasteiger charge is 2.46. The smallest absolute Gasteiger partial charge is 0.274 e. The number of rotatable bonds is 4. The zero-order valence-corrected chi connectivity index (χ0v) is 15.2. The number of likely N-dealkylation sites (tertiary alicyclic amines) is 2. The van der Waals surface area contributed by atoms with Crippen LogP contribution in [0.5, 0.6) is 0 Å². The number of carbonyl (C=O) groups excluding carboxylic acids is 1. The summed E-state index contributed by atoms with van der Waals surface area (Å²) in [7, 11) is 1.76. The molecule has 0 bridgehead atoms. The molecule has 0 aromatic carbocycles. The van der Waals surface area contributed by atoms with Crippen LogP contribution in [0.25, 0.3) is 0 Å². The van der Waals surface area contributed by atoms with Crippen LogP contribution in [0.1, 0.15) is 28.4 Å². The molecular formula is C19H24N4O3. The summed E-state index contributed by atoms with van der Waals surface area (Å²) in [5.74, 6) is 1.20. The lowest BCUT2D eigenvalue weighted by molar-refractivity contribution is -0.0159. The van der Waals surface area contributed by atoms with E-state index in [2.05, 4.69) is 14.9 Å². The second-order valence-corrected chi connectivity index (χ2v) is 7.11. The van der Waals surface area contributed by atoms with Crippen molar-refractivity contribution in [2.75, 3.05) is 26.7 Å². The maximum absolute atomic E-state index is 13.0. The van der Waals surface area contributed by atoms with E-state index < -0.39 is 0 Å². The van der Waals surface area contributed by atoms with Crippen molar-refractivity contribution in [2.45, 2.75) is 32.0 Å². The minimum Gasteiger partial charge on any atom is -0.468 e. The van der Waals surface area contributed by atoms with E-state index >= 15 is 0 Å². The second-order valence-electron chi connectivity index (χ2n) is 7.11. The van der Waals surface area contributed by atoms with E-state index in [1.165, 1.54) is 0 Å². The molecule has 3 atom stereocenters. The zero-order chi connectivity index (χ0) is 18.1. The van der Waals surface area contributed by atoms with Gasteiger partial charge in [0.1, 0.15) is 11.5 Å². The number of nitrogens with zero attached hydrogens (tertiary/aromatic N) is 4. The van der Waals surface area contributed by atoms with Gasteiger partial charge in [0, 0.05) is 38.9 Å². The van der Waals surface area contributed by atoms with Gasteiger partial charge in [0.25, 0.3) is 5.91 Å². The lowest BCUT2D eigenvalue weighted by Crippen LogP contribution is -2.53. The average molecular weight is 356 g/mol. The molecule has 0 spiro atoms. The summed E-state index contributed by atoms with van der Waals surface area (Å²) >= 11 is 0. The highest BCUT2D eigenvalue weighted by atomic mass is 16.5. The summed E-state index contributed by atoms with van der Waals surface area (Å²) in [4.78, 5) is 25.8. The van der Waals surface area contributed by atoms with E-state index in [9.17, 15) is 4.79 Å². The molecule has 0 saturated carbocycles. The van der Waals surface area contributed by atoms with Crippen LogP contribution in [0, 0.1) is 12.8 Å². The standard InChI is InChI=1S/C19H24N4O3/c1-13-8-21-16(9-20-13)19(24)23-6-5-18(25-2)15-11-22(12-17(15)23)10-14-4-3-7-26-14/h3-4,7-9,15,17-18H,5-6,10-12H2,1-2H3/t15-,17+,18-/m0/s1. The van der Waals surface area contributed by atoms with Crippen molar-refractivity contribution in [3.8, 4) is 0 Å². The van der Waals surface area contributed by atoms with Gasteiger partial charge in [-0.05, 0) is 25.5 Å². The lowest BCUT2D eigenvalue weighted by atomic mass is 9.89. The Labute approximate surface area is 153 Å². The fourth-order valence-corrected chi connectivity index (χ4v) is 4.18. The van der Waals surface area contributed by atoms with Gasteiger partial charge in [-0.1, -0.05) is 0 Å². The first-order chi connectivity index (χ1) is 12.7. The van der Waals surface area contributed by atoms with E-state index in [-0.39, 0.29) is 18.1 Å². The Kier molecular flexibility index (Phi) is 4.74. The molecule has 1 amide bonds. The first-order valence-corrected chi connectivity index (χ1v) is 9.03. The molecule has 0 N–H and O–H groups in total. The molecule has 7 nitrogen and oxygen atoms in total. The van der Waals surface area contributed by atoms with Crippen molar-refractivity contribution >= 4 is 5.91 Å². The van der Waals surface area contributed by atoms with Crippen LogP contribution >= 0.6 is 0 Å². The predicted octanol–water partition coefficient (Wildman–Crippen LogP) is 1.74. The van der Waals surface area contributed by atoms with Crippen molar-refractivity contribution in [3.05, 3.63) is 47.9 Å². The van der Waals surface area contributed by atoms with Crippen LogP contribution < -0.4 is 0 Å². The number of hydrogen-bond acceptors (Lipinski definition) is 6. The van der Waals surface area contributed by atoms with Crippen molar-refractivity contribution in [1.29, 1.82) is 0 Å². The van der Waals surface area contributed by atoms with E-state index in [0.29, 0.717) is 18.2 Å². The quantitative estimate of drug-likeness (QED) is 0.831. The molecule has 138 valence electrons. The maximum atomic E-state index is 13.0. The van der Waals surface area contributed by atoms with Crippen LogP contribution in [0.2, 0.25) is 0 Å². The Morgan fingerprint density at radius 1 is 1.35 bits per heavy atom. The molecule has 2 aliphatic rings. The molecule has 4 heterocycles. The Balaban J connectivity index is 1.53. The number of amides is 1. The summed E-state index contributed by atoms with van der Waals surface area (Å²) in [6, 6.07) is 4.02. The van der Waals surface area contributed by atoms with Gasteiger partial charge in [-0.15, -0.1) is 0 Å². The largest absolute Gasteiger partial charge is 0.468 e. The Hall–Kier alpha value is -2.25. The van der Waals surface area contributed by atoms with Crippen LogP contribution in [-0.4, -0.2) is 64.6 Å². The molecule has 2 aromatic rings. The molecule has 0 unspecified atom stereocenters. The van der Waals surface area contributed by atoms with Gasteiger partial charge in [-0.2, -0.15) is 0 Å². The van der Waals surface area contributed by atoms with Gasteiger partial charge in [0.15, 0.2) is 0 Å². The summed E-state index contributed by atoms with van der Waals surface area (Å²) in [6.45, 7) is 5.01. The number of piperidine rings is 1. The number of aromatic nitrogens is 2. The molecule has 26 heavy (non-hydrogen) atoms. The molecule has 2 saturated heterocycles. The molecule has 2 aromatic heterocycles. The number of hydrogen-bond donors (Lipinski definition) is 0. The van der Waals surface area contributed by atoms with E-state index in [1.54, 1.807) is 25.8 Å². The summed E-state index contributed by atoms with van der Waals surface area (Å²) in [5.41, 5.74) is 1.22. The predicted molar refractivity (Wildman–Crippen MR) is 94.5 cm³/mol. The van der Waals surface area contributed by atoms with Crippen molar-refractivity contribution in [3.63, 3.8) is 0 Å². The molecule has 7 heteroatoms. The van der Waals surface area contributed by atoms with Crippen LogP contribution in [-0.2, 0) is 11.3 Å². The fraction of sp³-hybridized carbons (Fsp3) is 0.526. The summed E-state index contributed by atoms with van der Waals surface area (Å²) in [5, 5.41) is 0. The van der Waals surface area contributed by atoms with Gasteiger partial charge >= 0.3 is 0 Å². The summed E-state index contributed by atoms with van der Waals surface area (Å²) < 4.78 is 11.2. The van der Waals surface area contributed by atoms with E-state index in [0.717, 1.165) is 37.5 Å². The Morgan fingerprint density at radius 3 is 2.92 bits per heavy atom. The average Bonchev–Trinajstić information content (AvgIpc) is 3.30. The van der Waals surface area contributed by atoms with Gasteiger partial charge in [-0.3, -0.25) is 14.7 Å². The molecule has 2 fully saturated rings. The normalized spacial score (nSPS) is 26.1. The molecule has 4 rings (SSSR count).